The predicted molar refractivity (Wildman–Crippen MR) is 118 cm³/mol. The van der Waals surface area contributed by atoms with Crippen LogP contribution >= 0.6 is 0 Å². The number of carbonyl (C=O) groups excluding carboxylic acids is 2. The summed E-state index contributed by atoms with van der Waals surface area (Å²) in [5.74, 6) is 0.524. The third-order valence-corrected chi connectivity index (χ3v) is 5.53. The summed E-state index contributed by atoms with van der Waals surface area (Å²) in [5, 5.41) is 13.1. The minimum atomic E-state index is -0.518. The molecule has 0 radical (unpaired) electrons. The van der Waals surface area contributed by atoms with Crippen LogP contribution in [0.3, 0.4) is 0 Å². The molecule has 0 aliphatic carbocycles. The molecule has 2 aromatic rings. The molecule has 1 saturated heterocycles. The molecule has 0 spiro atoms. The molecule has 170 valence electrons. The van der Waals surface area contributed by atoms with Crippen LogP contribution in [0.1, 0.15) is 23.2 Å². The van der Waals surface area contributed by atoms with Gasteiger partial charge in [-0.1, -0.05) is 12.1 Å². The smallest absolute Gasteiger partial charge is 0.258 e. The SMILES string of the molecule is O=C(CN1CCOCCOc2ccccc2Nc2ncccc2C1=O)N1CCCC(O)C1. The van der Waals surface area contributed by atoms with E-state index in [0.29, 0.717) is 55.5 Å². The van der Waals surface area contributed by atoms with Crippen LogP contribution in [0.4, 0.5) is 11.5 Å². The minimum absolute atomic E-state index is 0.0870. The molecular formula is C23H28N4O5. The molecular weight excluding hydrogens is 412 g/mol. The third-order valence-electron chi connectivity index (χ3n) is 5.53. The van der Waals surface area contributed by atoms with E-state index >= 15 is 0 Å². The number of aliphatic hydroxyl groups is 1. The number of nitrogens with zero attached hydrogens (tertiary/aromatic N) is 3. The molecule has 2 aliphatic heterocycles. The molecule has 2 N–H and O–H groups in total. The number of aliphatic hydroxyl groups excluding tert-OH is 1. The van der Waals surface area contributed by atoms with E-state index in [-0.39, 0.29) is 31.5 Å². The Kier molecular flexibility index (Phi) is 7.18. The van der Waals surface area contributed by atoms with Crippen molar-refractivity contribution in [3.63, 3.8) is 0 Å². The first kappa shape index (κ1) is 22.0. The number of para-hydroxylation sites is 2. The molecule has 1 fully saturated rings. The van der Waals surface area contributed by atoms with Crippen LogP contribution in [0, 0.1) is 0 Å². The van der Waals surface area contributed by atoms with E-state index in [4.69, 9.17) is 9.47 Å². The largest absolute Gasteiger partial charge is 0.489 e. The highest BCUT2D eigenvalue weighted by Crippen LogP contribution is 2.28. The lowest BCUT2D eigenvalue weighted by atomic mass is 10.1. The van der Waals surface area contributed by atoms with Crippen molar-refractivity contribution in [2.24, 2.45) is 0 Å². The van der Waals surface area contributed by atoms with Crippen LogP contribution in [0.25, 0.3) is 0 Å². The third kappa shape index (κ3) is 5.35. The second-order valence-electron chi connectivity index (χ2n) is 7.84. The Bertz CT molecular complexity index is 953. The van der Waals surface area contributed by atoms with Crippen molar-refractivity contribution in [2.75, 3.05) is 51.3 Å². The van der Waals surface area contributed by atoms with Gasteiger partial charge in [0.25, 0.3) is 5.91 Å². The number of likely N-dealkylation sites (tertiary alicyclic amines) is 1. The summed E-state index contributed by atoms with van der Waals surface area (Å²) in [4.78, 5) is 33.8. The highest BCUT2D eigenvalue weighted by atomic mass is 16.5. The number of amides is 2. The maximum Gasteiger partial charge on any atom is 0.258 e. The number of pyridine rings is 1. The van der Waals surface area contributed by atoms with E-state index in [1.165, 1.54) is 4.90 Å². The zero-order valence-corrected chi connectivity index (χ0v) is 17.9. The molecule has 2 aliphatic rings. The average Bonchev–Trinajstić information content (AvgIpc) is 2.81. The van der Waals surface area contributed by atoms with Crippen molar-refractivity contribution in [3.05, 3.63) is 48.2 Å². The summed E-state index contributed by atoms with van der Waals surface area (Å²) in [7, 11) is 0. The Morgan fingerprint density at radius 1 is 1.16 bits per heavy atom. The number of nitrogens with one attached hydrogen (secondary N) is 1. The van der Waals surface area contributed by atoms with Gasteiger partial charge in [-0.25, -0.2) is 4.98 Å². The molecule has 1 aromatic heterocycles. The van der Waals surface area contributed by atoms with Gasteiger partial charge in [0.15, 0.2) is 0 Å². The van der Waals surface area contributed by atoms with E-state index in [1.54, 1.807) is 23.2 Å². The van der Waals surface area contributed by atoms with E-state index < -0.39 is 6.10 Å². The number of piperidine rings is 1. The number of carbonyl (C=O) groups is 2. The van der Waals surface area contributed by atoms with Gasteiger partial charge in [0.1, 0.15) is 24.7 Å². The first-order valence-corrected chi connectivity index (χ1v) is 10.9. The number of β-amino-alcohol motifs (C(OH)–C–C–N with tert-alkyl or cyclic N) is 1. The minimum Gasteiger partial charge on any atom is -0.489 e. The van der Waals surface area contributed by atoms with E-state index in [1.807, 2.05) is 24.3 Å². The molecule has 0 saturated carbocycles. The number of hydrogen-bond acceptors (Lipinski definition) is 7. The molecule has 1 unspecified atom stereocenters. The number of ether oxygens (including phenoxy) is 2. The van der Waals surface area contributed by atoms with Crippen molar-refractivity contribution in [2.45, 2.75) is 18.9 Å². The monoisotopic (exact) mass is 440 g/mol. The zero-order valence-electron chi connectivity index (χ0n) is 17.9. The lowest BCUT2D eigenvalue weighted by molar-refractivity contribution is -0.135. The van der Waals surface area contributed by atoms with Gasteiger partial charge in [-0.2, -0.15) is 0 Å². The normalized spacial score (nSPS) is 19.9. The van der Waals surface area contributed by atoms with E-state index in [2.05, 4.69) is 10.3 Å². The summed E-state index contributed by atoms with van der Waals surface area (Å²) in [5.41, 5.74) is 1.04. The van der Waals surface area contributed by atoms with Gasteiger partial charge < -0.3 is 29.7 Å². The average molecular weight is 441 g/mol. The maximum absolute atomic E-state index is 13.5. The van der Waals surface area contributed by atoms with Crippen LogP contribution in [0.15, 0.2) is 42.6 Å². The molecule has 1 aromatic carbocycles. The second kappa shape index (κ2) is 10.4. The fraction of sp³-hybridized carbons (Fsp3) is 0.435. The number of aromatic nitrogens is 1. The van der Waals surface area contributed by atoms with Crippen molar-refractivity contribution in [1.82, 2.24) is 14.8 Å². The van der Waals surface area contributed by atoms with E-state index in [9.17, 15) is 14.7 Å². The van der Waals surface area contributed by atoms with Crippen LogP contribution < -0.4 is 10.1 Å². The molecule has 9 nitrogen and oxygen atoms in total. The summed E-state index contributed by atoms with van der Waals surface area (Å²) >= 11 is 0. The predicted octanol–water partition coefficient (Wildman–Crippen LogP) is 1.66. The molecule has 1 atom stereocenters. The molecule has 32 heavy (non-hydrogen) atoms. The van der Waals surface area contributed by atoms with E-state index in [0.717, 1.165) is 6.42 Å². The van der Waals surface area contributed by atoms with Gasteiger partial charge in [-0.05, 0) is 37.1 Å². The molecule has 4 rings (SSSR count). The lowest BCUT2D eigenvalue weighted by Crippen LogP contribution is -2.48. The highest BCUT2D eigenvalue weighted by Gasteiger charge is 2.27. The van der Waals surface area contributed by atoms with Gasteiger partial charge in [0.05, 0.1) is 30.6 Å². The van der Waals surface area contributed by atoms with Crippen LogP contribution in [0.2, 0.25) is 0 Å². The van der Waals surface area contributed by atoms with Crippen molar-refractivity contribution in [3.8, 4) is 5.75 Å². The number of hydrogen-bond donors (Lipinski definition) is 2. The van der Waals surface area contributed by atoms with Crippen molar-refractivity contribution >= 4 is 23.3 Å². The lowest BCUT2D eigenvalue weighted by Gasteiger charge is -2.32. The number of rotatable bonds is 2. The van der Waals surface area contributed by atoms with Crippen LogP contribution in [-0.4, -0.2) is 83.8 Å². The fourth-order valence-electron chi connectivity index (χ4n) is 3.86. The first-order chi connectivity index (χ1) is 15.6. The molecule has 2 amide bonds. The van der Waals surface area contributed by atoms with Gasteiger partial charge >= 0.3 is 0 Å². The summed E-state index contributed by atoms with van der Waals surface area (Å²) in [6, 6.07) is 10.8. The number of benzene rings is 1. The highest BCUT2D eigenvalue weighted by molar-refractivity contribution is 6.01. The first-order valence-electron chi connectivity index (χ1n) is 10.9. The quantitative estimate of drug-likeness (QED) is 0.732. The Labute approximate surface area is 186 Å². The number of fused-ring (bicyclic) bond motifs is 2. The van der Waals surface area contributed by atoms with Crippen LogP contribution in [0.5, 0.6) is 5.75 Å². The maximum atomic E-state index is 13.5. The number of anilines is 2. The van der Waals surface area contributed by atoms with Gasteiger partial charge in [0.2, 0.25) is 5.91 Å². The summed E-state index contributed by atoms with van der Waals surface area (Å²) in [6.45, 7) is 2.03. The Morgan fingerprint density at radius 2 is 2.03 bits per heavy atom. The summed E-state index contributed by atoms with van der Waals surface area (Å²) in [6.07, 6.45) is 2.53. The van der Waals surface area contributed by atoms with Gasteiger partial charge in [-0.3, -0.25) is 9.59 Å². The van der Waals surface area contributed by atoms with Crippen molar-refractivity contribution < 1.29 is 24.2 Å². The zero-order chi connectivity index (χ0) is 22.3. The molecule has 3 heterocycles. The van der Waals surface area contributed by atoms with Crippen LogP contribution in [-0.2, 0) is 9.53 Å². The van der Waals surface area contributed by atoms with Gasteiger partial charge in [0, 0.05) is 25.8 Å². The Morgan fingerprint density at radius 3 is 2.91 bits per heavy atom. The fourth-order valence-corrected chi connectivity index (χ4v) is 3.86. The summed E-state index contributed by atoms with van der Waals surface area (Å²) < 4.78 is 11.5. The molecule has 9 heteroatoms. The molecule has 0 bridgehead atoms. The Hall–Kier alpha value is -3.17. The van der Waals surface area contributed by atoms with Crippen molar-refractivity contribution in [1.29, 1.82) is 0 Å². The second-order valence-corrected chi connectivity index (χ2v) is 7.84. The topological polar surface area (TPSA) is 104 Å². The standard InChI is InChI=1S/C23H28N4O5/c28-17-5-4-10-26(15-17)21(29)16-27-11-12-31-13-14-32-20-8-2-1-7-19(20)25-22-18(23(27)30)6-3-9-24-22/h1-3,6-9,17,28H,4-5,10-16H2,(H,24,25). The Balaban J connectivity index is 1.59. The van der Waals surface area contributed by atoms with Gasteiger partial charge in [-0.15, -0.1) is 0 Å².